The van der Waals surface area contributed by atoms with Crippen molar-refractivity contribution in [2.75, 3.05) is 0 Å². The molecular formula is C11H18O2. The number of rotatable bonds is 0. The summed E-state index contributed by atoms with van der Waals surface area (Å²) in [6.45, 7) is 2.11. The van der Waals surface area contributed by atoms with Crippen molar-refractivity contribution >= 4 is 0 Å². The molecule has 0 aromatic rings. The quantitative estimate of drug-likeness (QED) is 0.580. The number of ether oxygens (including phenoxy) is 1. The normalized spacial score (nSPS) is 59.5. The second kappa shape index (κ2) is 2.29. The zero-order chi connectivity index (χ0) is 9.10. The highest BCUT2D eigenvalue weighted by Gasteiger charge is 2.74. The third kappa shape index (κ3) is 0.816. The topological polar surface area (TPSA) is 32.8 Å². The Bertz CT molecular complexity index is 240. The van der Waals surface area contributed by atoms with E-state index in [1.807, 2.05) is 0 Å². The first-order chi connectivity index (χ1) is 6.19. The Kier molecular flexibility index (Phi) is 1.45. The van der Waals surface area contributed by atoms with E-state index < -0.39 is 0 Å². The summed E-state index contributed by atoms with van der Waals surface area (Å²) in [7, 11) is 0. The SMILES string of the molecule is C[C@]12O[C@]13CCCC[C@H]3CC[C@H]2O. The van der Waals surface area contributed by atoms with E-state index in [0.29, 0.717) is 0 Å². The van der Waals surface area contributed by atoms with Crippen LogP contribution in [0.25, 0.3) is 0 Å². The Balaban J connectivity index is 1.92. The first-order valence-electron chi connectivity index (χ1n) is 5.57. The van der Waals surface area contributed by atoms with E-state index in [2.05, 4.69) is 6.92 Å². The molecule has 0 amide bonds. The molecule has 2 saturated carbocycles. The highest BCUT2D eigenvalue weighted by molar-refractivity contribution is 5.22. The molecule has 1 spiro atoms. The van der Waals surface area contributed by atoms with Crippen LogP contribution in [0.5, 0.6) is 0 Å². The van der Waals surface area contributed by atoms with Gasteiger partial charge in [-0.1, -0.05) is 12.8 Å². The van der Waals surface area contributed by atoms with Gasteiger partial charge in [-0.05, 0) is 38.5 Å². The second-order valence-corrected chi connectivity index (χ2v) is 5.13. The van der Waals surface area contributed by atoms with Gasteiger partial charge in [0.25, 0.3) is 0 Å². The number of hydrogen-bond donors (Lipinski definition) is 1. The standard InChI is InChI=1S/C11H18O2/c1-10-9(12)6-5-8-4-2-3-7-11(8,10)13-10/h8-9,12H,2-7H2,1H3/t8-,9+,10+,11-/m0/s1. The Morgan fingerprint density at radius 2 is 2.08 bits per heavy atom. The third-order valence-corrected chi connectivity index (χ3v) is 4.63. The number of aliphatic hydroxyl groups excluding tert-OH is 1. The third-order valence-electron chi connectivity index (χ3n) is 4.63. The van der Waals surface area contributed by atoms with E-state index >= 15 is 0 Å². The van der Waals surface area contributed by atoms with Crippen LogP contribution in [0.2, 0.25) is 0 Å². The Hall–Kier alpha value is -0.0800. The van der Waals surface area contributed by atoms with E-state index in [0.717, 1.165) is 12.3 Å². The summed E-state index contributed by atoms with van der Waals surface area (Å²) in [5.41, 5.74) is -0.0702. The van der Waals surface area contributed by atoms with Crippen LogP contribution in [-0.4, -0.2) is 22.4 Å². The average molecular weight is 182 g/mol. The molecule has 1 N–H and O–H groups in total. The van der Waals surface area contributed by atoms with Gasteiger partial charge in [0.2, 0.25) is 0 Å². The van der Waals surface area contributed by atoms with Gasteiger partial charge in [0.05, 0.1) is 6.10 Å². The lowest BCUT2D eigenvalue weighted by Gasteiger charge is -2.37. The van der Waals surface area contributed by atoms with Gasteiger partial charge >= 0.3 is 0 Å². The van der Waals surface area contributed by atoms with Gasteiger partial charge in [0.1, 0.15) is 11.2 Å². The van der Waals surface area contributed by atoms with Crippen molar-refractivity contribution in [3.8, 4) is 0 Å². The molecule has 0 unspecified atom stereocenters. The molecule has 1 aliphatic heterocycles. The van der Waals surface area contributed by atoms with Crippen molar-refractivity contribution in [2.24, 2.45) is 5.92 Å². The van der Waals surface area contributed by atoms with Crippen LogP contribution < -0.4 is 0 Å². The van der Waals surface area contributed by atoms with E-state index in [-0.39, 0.29) is 17.3 Å². The van der Waals surface area contributed by atoms with Crippen molar-refractivity contribution in [1.29, 1.82) is 0 Å². The summed E-state index contributed by atoms with van der Waals surface area (Å²) in [5, 5.41) is 9.89. The number of epoxide rings is 1. The minimum atomic E-state index is -0.207. The summed E-state index contributed by atoms with van der Waals surface area (Å²) in [6, 6.07) is 0. The van der Waals surface area contributed by atoms with E-state index in [1.54, 1.807) is 0 Å². The van der Waals surface area contributed by atoms with Gasteiger partial charge in [0.15, 0.2) is 0 Å². The number of hydrogen-bond acceptors (Lipinski definition) is 2. The van der Waals surface area contributed by atoms with Gasteiger partial charge in [-0.15, -0.1) is 0 Å². The van der Waals surface area contributed by atoms with Crippen LogP contribution in [-0.2, 0) is 4.74 Å². The summed E-state index contributed by atoms with van der Waals surface area (Å²) in [4.78, 5) is 0. The fourth-order valence-corrected chi connectivity index (χ4v) is 3.72. The van der Waals surface area contributed by atoms with Crippen molar-refractivity contribution in [1.82, 2.24) is 0 Å². The molecule has 2 heteroatoms. The number of aliphatic hydroxyl groups is 1. The molecule has 0 bridgehead atoms. The highest BCUT2D eigenvalue weighted by Crippen LogP contribution is 2.64. The highest BCUT2D eigenvalue weighted by atomic mass is 16.6. The Morgan fingerprint density at radius 1 is 1.23 bits per heavy atom. The molecule has 3 fully saturated rings. The molecule has 1 saturated heterocycles. The molecule has 2 aliphatic carbocycles. The van der Waals surface area contributed by atoms with Gasteiger partial charge in [-0.25, -0.2) is 0 Å². The van der Waals surface area contributed by atoms with Crippen LogP contribution in [0.1, 0.15) is 45.4 Å². The first kappa shape index (κ1) is 8.25. The zero-order valence-electron chi connectivity index (χ0n) is 8.25. The average Bonchev–Trinajstić information content (AvgIpc) is 2.73. The molecule has 0 aromatic carbocycles. The van der Waals surface area contributed by atoms with Gasteiger partial charge in [0, 0.05) is 0 Å². The molecule has 13 heavy (non-hydrogen) atoms. The molecule has 1 heterocycles. The van der Waals surface area contributed by atoms with Crippen molar-refractivity contribution in [3.05, 3.63) is 0 Å². The van der Waals surface area contributed by atoms with E-state index in [4.69, 9.17) is 4.74 Å². The monoisotopic (exact) mass is 182 g/mol. The molecule has 0 aromatic heterocycles. The maximum Gasteiger partial charge on any atom is 0.121 e. The van der Waals surface area contributed by atoms with Gasteiger partial charge in [-0.3, -0.25) is 0 Å². The van der Waals surface area contributed by atoms with Crippen molar-refractivity contribution in [3.63, 3.8) is 0 Å². The molecule has 4 atom stereocenters. The second-order valence-electron chi connectivity index (χ2n) is 5.13. The predicted molar refractivity (Wildman–Crippen MR) is 49.4 cm³/mol. The van der Waals surface area contributed by atoms with Crippen LogP contribution >= 0.6 is 0 Å². The molecule has 74 valence electrons. The van der Waals surface area contributed by atoms with Crippen molar-refractivity contribution in [2.45, 2.75) is 62.8 Å². The molecule has 0 radical (unpaired) electrons. The smallest absolute Gasteiger partial charge is 0.121 e. The first-order valence-corrected chi connectivity index (χ1v) is 5.57. The predicted octanol–water partition coefficient (Wildman–Crippen LogP) is 1.86. The Morgan fingerprint density at radius 3 is 2.92 bits per heavy atom. The summed E-state index contributed by atoms with van der Waals surface area (Å²) < 4.78 is 5.92. The van der Waals surface area contributed by atoms with Crippen LogP contribution in [0, 0.1) is 5.92 Å². The zero-order valence-corrected chi connectivity index (χ0v) is 8.25. The summed E-state index contributed by atoms with van der Waals surface area (Å²) in [5.74, 6) is 0.745. The lowest BCUT2D eigenvalue weighted by atomic mass is 9.65. The maximum absolute atomic E-state index is 9.89. The minimum absolute atomic E-state index is 0.100. The fraction of sp³-hybridized carbons (Fsp3) is 1.00. The molecular weight excluding hydrogens is 164 g/mol. The van der Waals surface area contributed by atoms with Crippen molar-refractivity contribution < 1.29 is 9.84 Å². The van der Waals surface area contributed by atoms with Gasteiger partial charge < -0.3 is 9.84 Å². The fourth-order valence-electron chi connectivity index (χ4n) is 3.72. The lowest BCUT2D eigenvalue weighted by Crippen LogP contribution is -2.45. The van der Waals surface area contributed by atoms with E-state index in [9.17, 15) is 5.11 Å². The van der Waals surface area contributed by atoms with Gasteiger partial charge in [-0.2, -0.15) is 0 Å². The molecule has 3 aliphatic rings. The van der Waals surface area contributed by atoms with E-state index in [1.165, 1.54) is 32.1 Å². The molecule has 2 nitrogen and oxygen atoms in total. The largest absolute Gasteiger partial charge is 0.390 e. The summed E-state index contributed by atoms with van der Waals surface area (Å²) in [6.07, 6.45) is 7.08. The minimum Gasteiger partial charge on any atom is -0.390 e. The van der Waals surface area contributed by atoms with Crippen LogP contribution in [0.4, 0.5) is 0 Å². The van der Waals surface area contributed by atoms with Crippen LogP contribution in [0.3, 0.4) is 0 Å². The lowest BCUT2D eigenvalue weighted by molar-refractivity contribution is 0.0566. The molecule has 3 rings (SSSR count). The Labute approximate surface area is 79.3 Å². The van der Waals surface area contributed by atoms with Crippen LogP contribution in [0.15, 0.2) is 0 Å². The maximum atomic E-state index is 9.89. The summed E-state index contributed by atoms with van der Waals surface area (Å²) >= 11 is 0.